The van der Waals surface area contributed by atoms with Gasteiger partial charge in [-0.2, -0.15) is 0 Å². The number of nitrogens with one attached hydrogen (secondary N) is 2. The van der Waals surface area contributed by atoms with Gasteiger partial charge < -0.3 is 15.2 Å². The van der Waals surface area contributed by atoms with Crippen LogP contribution in [-0.2, 0) is 20.1 Å². The Bertz CT molecular complexity index is 751. The Morgan fingerprint density at radius 3 is 2.66 bits per heavy atom. The molecule has 1 saturated carbocycles. The number of nitrogens with zero attached hydrogens (tertiary/aromatic N) is 4. The van der Waals surface area contributed by atoms with Crippen molar-refractivity contribution >= 4 is 41.3 Å². The molecule has 2 aromatic rings. The van der Waals surface area contributed by atoms with Crippen molar-refractivity contribution < 1.29 is 0 Å². The molecule has 0 amide bonds. The van der Waals surface area contributed by atoms with E-state index in [1.807, 2.05) is 18.5 Å². The fourth-order valence-electron chi connectivity index (χ4n) is 3.89. The van der Waals surface area contributed by atoms with Crippen LogP contribution in [0.5, 0.6) is 0 Å². The van der Waals surface area contributed by atoms with E-state index >= 15 is 0 Å². The summed E-state index contributed by atoms with van der Waals surface area (Å²) >= 11 is 1.76. The fraction of sp³-hybridized carbons (Fsp3) is 0.667. The molecule has 8 heteroatoms. The highest BCUT2D eigenvalue weighted by atomic mass is 127. The fourth-order valence-corrected chi connectivity index (χ4v) is 4.53. The molecule has 0 bridgehead atoms. The number of hydrogen-bond donors (Lipinski definition) is 2. The molecule has 2 aromatic heterocycles. The van der Waals surface area contributed by atoms with E-state index in [4.69, 9.17) is 4.99 Å². The van der Waals surface area contributed by atoms with Crippen LogP contribution < -0.4 is 10.6 Å². The molecule has 29 heavy (non-hydrogen) atoms. The summed E-state index contributed by atoms with van der Waals surface area (Å²) in [5, 5.41) is 17.6. The van der Waals surface area contributed by atoms with Gasteiger partial charge in [-0.15, -0.1) is 45.5 Å². The molecule has 0 aliphatic heterocycles. The quantitative estimate of drug-likeness (QED) is 0.311. The second-order valence-electron chi connectivity index (χ2n) is 8.01. The first-order chi connectivity index (χ1) is 13.5. The average Bonchev–Trinajstić information content (AvgIpc) is 3.35. The zero-order valence-corrected chi connectivity index (χ0v) is 21.2. The second-order valence-corrected chi connectivity index (χ2v) is 9.04. The highest BCUT2D eigenvalue weighted by Crippen LogP contribution is 2.31. The zero-order valence-electron chi connectivity index (χ0n) is 18.0. The maximum Gasteiger partial charge on any atom is 0.192 e. The first-order valence-corrected chi connectivity index (χ1v) is 11.3. The maximum atomic E-state index is 4.81. The van der Waals surface area contributed by atoms with Gasteiger partial charge in [-0.3, -0.25) is 0 Å². The predicted molar refractivity (Wildman–Crippen MR) is 132 cm³/mol. The van der Waals surface area contributed by atoms with Gasteiger partial charge >= 0.3 is 0 Å². The van der Waals surface area contributed by atoms with Crippen LogP contribution in [0, 0.1) is 18.8 Å². The largest absolute Gasteiger partial charge is 0.354 e. The van der Waals surface area contributed by atoms with Crippen molar-refractivity contribution in [2.45, 2.75) is 72.0 Å². The first kappa shape index (κ1) is 24.1. The molecule has 3 rings (SSSR count). The Balaban J connectivity index is 0.00000300. The standard InChI is InChI=1S/C21H34N6S.HI/c1-15(18-9-6-5-7-10-18)16(2)24-21(22-13-19-11-8-12-28-19)23-14-20-26-25-17(3)27(20)4;/h8,11-12,15-16,18H,5-7,9-10,13-14H2,1-4H3,(H2,22,23,24);1H. The Morgan fingerprint density at radius 1 is 1.28 bits per heavy atom. The summed E-state index contributed by atoms with van der Waals surface area (Å²) in [6, 6.07) is 4.61. The lowest BCUT2D eigenvalue weighted by Gasteiger charge is -2.33. The van der Waals surface area contributed by atoms with E-state index in [9.17, 15) is 0 Å². The predicted octanol–water partition coefficient (Wildman–Crippen LogP) is 4.64. The van der Waals surface area contributed by atoms with Crippen LogP contribution in [0.15, 0.2) is 22.5 Å². The Labute approximate surface area is 196 Å². The van der Waals surface area contributed by atoms with Crippen molar-refractivity contribution in [1.82, 2.24) is 25.4 Å². The van der Waals surface area contributed by atoms with E-state index in [1.165, 1.54) is 37.0 Å². The van der Waals surface area contributed by atoms with E-state index < -0.39 is 0 Å². The van der Waals surface area contributed by atoms with Crippen LogP contribution in [0.25, 0.3) is 0 Å². The lowest BCUT2D eigenvalue weighted by Crippen LogP contribution is -2.46. The molecule has 0 radical (unpaired) electrons. The van der Waals surface area contributed by atoms with Crippen LogP contribution >= 0.6 is 35.3 Å². The maximum absolute atomic E-state index is 4.81. The summed E-state index contributed by atoms with van der Waals surface area (Å²) < 4.78 is 1.99. The second kappa shape index (κ2) is 11.9. The minimum absolute atomic E-state index is 0. The third-order valence-electron chi connectivity index (χ3n) is 6.12. The lowest BCUT2D eigenvalue weighted by atomic mass is 9.78. The molecular formula is C21H35IN6S. The summed E-state index contributed by atoms with van der Waals surface area (Å²) in [5.41, 5.74) is 0. The number of halogens is 1. The Morgan fingerprint density at radius 2 is 2.03 bits per heavy atom. The van der Waals surface area contributed by atoms with Crippen LogP contribution in [0.3, 0.4) is 0 Å². The van der Waals surface area contributed by atoms with Gasteiger partial charge in [-0.05, 0) is 37.1 Å². The molecule has 2 unspecified atom stereocenters. The van der Waals surface area contributed by atoms with Crippen molar-refractivity contribution in [3.05, 3.63) is 34.0 Å². The smallest absolute Gasteiger partial charge is 0.192 e. The van der Waals surface area contributed by atoms with Crippen LogP contribution in [0.1, 0.15) is 62.5 Å². The molecule has 6 nitrogen and oxygen atoms in total. The topological polar surface area (TPSA) is 67.1 Å². The number of hydrogen-bond acceptors (Lipinski definition) is 4. The number of aliphatic imine (C=N–C) groups is 1. The van der Waals surface area contributed by atoms with Gasteiger partial charge in [-0.1, -0.05) is 45.1 Å². The van der Waals surface area contributed by atoms with Crippen LogP contribution in [-0.4, -0.2) is 26.8 Å². The van der Waals surface area contributed by atoms with Gasteiger partial charge in [0.2, 0.25) is 0 Å². The molecular weight excluding hydrogens is 495 g/mol. The molecule has 162 valence electrons. The summed E-state index contributed by atoms with van der Waals surface area (Å²) in [6.45, 7) is 7.93. The number of guanidine groups is 1. The summed E-state index contributed by atoms with van der Waals surface area (Å²) in [6.07, 6.45) is 6.88. The molecule has 2 N–H and O–H groups in total. The van der Waals surface area contributed by atoms with Gasteiger partial charge in [0.1, 0.15) is 12.4 Å². The summed E-state index contributed by atoms with van der Waals surface area (Å²) in [7, 11) is 1.99. The lowest BCUT2D eigenvalue weighted by molar-refractivity contribution is 0.229. The summed E-state index contributed by atoms with van der Waals surface area (Å²) in [5.74, 6) is 4.08. The van der Waals surface area contributed by atoms with E-state index in [0.29, 0.717) is 18.5 Å². The van der Waals surface area contributed by atoms with Gasteiger partial charge in [0, 0.05) is 18.0 Å². The van der Waals surface area contributed by atoms with Crippen LogP contribution in [0.2, 0.25) is 0 Å². The van der Waals surface area contributed by atoms with Crippen molar-refractivity contribution in [1.29, 1.82) is 0 Å². The molecule has 0 spiro atoms. The minimum Gasteiger partial charge on any atom is -0.354 e. The molecule has 1 aliphatic carbocycles. The first-order valence-electron chi connectivity index (χ1n) is 10.5. The summed E-state index contributed by atoms with van der Waals surface area (Å²) in [4.78, 5) is 6.11. The van der Waals surface area contributed by atoms with Crippen molar-refractivity contribution in [2.24, 2.45) is 23.9 Å². The number of thiophene rings is 1. The minimum atomic E-state index is 0. The van der Waals surface area contributed by atoms with E-state index in [0.717, 1.165) is 30.1 Å². The highest BCUT2D eigenvalue weighted by molar-refractivity contribution is 14.0. The molecule has 0 aromatic carbocycles. The number of rotatable bonds is 7. The van der Waals surface area contributed by atoms with Gasteiger partial charge in [0.05, 0.1) is 6.54 Å². The van der Waals surface area contributed by atoms with Crippen molar-refractivity contribution in [3.63, 3.8) is 0 Å². The molecule has 1 fully saturated rings. The van der Waals surface area contributed by atoms with Gasteiger partial charge in [-0.25, -0.2) is 4.99 Å². The molecule has 0 saturated heterocycles. The van der Waals surface area contributed by atoms with Gasteiger partial charge in [0.15, 0.2) is 11.8 Å². The monoisotopic (exact) mass is 530 g/mol. The average molecular weight is 531 g/mol. The van der Waals surface area contributed by atoms with Crippen molar-refractivity contribution in [2.75, 3.05) is 0 Å². The Kier molecular flexibility index (Phi) is 9.88. The van der Waals surface area contributed by atoms with Crippen LogP contribution in [0.4, 0.5) is 0 Å². The SMILES string of the molecule is Cc1nnc(CN=C(NCc2cccs2)NC(C)C(C)C2CCCCC2)n1C.I. The zero-order chi connectivity index (χ0) is 19.9. The van der Waals surface area contributed by atoms with E-state index in [2.05, 4.69) is 52.2 Å². The van der Waals surface area contributed by atoms with E-state index in [1.54, 1.807) is 11.3 Å². The third-order valence-corrected chi connectivity index (χ3v) is 6.99. The number of aryl methyl sites for hydroxylation is 1. The highest BCUT2D eigenvalue weighted by Gasteiger charge is 2.25. The molecule has 1 aliphatic rings. The molecule has 2 heterocycles. The normalized spacial score (nSPS) is 17.4. The van der Waals surface area contributed by atoms with Crippen molar-refractivity contribution in [3.8, 4) is 0 Å². The van der Waals surface area contributed by atoms with Gasteiger partial charge in [0.25, 0.3) is 0 Å². The third kappa shape index (κ3) is 6.94. The Hall–Kier alpha value is -1.16. The van der Waals surface area contributed by atoms with E-state index in [-0.39, 0.29) is 24.0 Å². The number of aromatic nitrogens is 3. The molecule has 2 atom stereocenters.